The maximum Gasteiger partial charge on any atom is 0.320 e. The molecule has 1 fully saturated rings. The fraction of sp³-hybridized carbons (Fsp3) is 0.467. The molecule has 41 heavy (non-hydrogen) atoms. The minimum Gasteiger partial charge on any atom is -0.328 e. The summed E-state index contributed by atoms with van der Waals surface area (Å²) in [6.45, 7) is 6.04. The molecule has 0 radical (unpaired) electrons. The Bertz CT molecular complexity index is 1430. The molecule has 2 N–H and O–H groups in total. The molecule has 0 spiro atoms. The van der Waals surface area contributed by atoms with Crippen molar-refractivity contribution in [2.45, 2.75) is 45.8 Å². The van der Waals surface area contributed by atoms with E-state index in [-0.39, 0.29) is 49.4 Å². The Hall–Kier alpha value is -3.31. The lowest BCUT2D eigenvalue weighted by atomic mass is 9.84. The van der Waals surface area contributed by atoms with Crippen molar-refractivity contribution in [2.75, 3.05) is 37.8 Å². The van der Waals surface area contributed by atoms with E-state index in [0.717, 1.165) is 5.56 Å². The molecule has 1 aromatic heterocycles. The summed E-state index contributed by atoms with van der Waals surface area (Å²) >= 11 is 0. The molecule has 3 aromatic rings. The minimum absolute atomic E-state index is 0.0801. The number of alkyl halides is 1. The zero-order valence-electron chi connectivity index (χ0n) is 23.8. The highest BCUT2D eigenvalue weighted by Gasteiger charge is 2.41. The second-order valence-corrected chi connectivity index (χ2v) is 14.0. The number of rotatable bonds is 9. The first kappa shape index (κ1) is 30.6. The van der Waals surface area contributed by atoms with E-state index in [0.29, 0.717) is 23.6 Å². The summed E-state index contributed by atoms with van der Waals surface area (Å²) in [4.78, 5) is 22.3. The maximum absolute atomic E-state index is 14.2. The third-order valence-corrected chi connectivity index (χ3v) is 8.91. The molecule has 2 amide bonds. The number of imidazole rings is 1. The van der Waals surface area contributed by atoms with Gasteiger partial charge in [-0.3, -0.25) is 0 Å². The third kappa shape index (κ3) is 7.71. The molecule has 2 atom stereocenters. The van der Waals surface area contributed by atoms with Crippen LogP contribution in [0.4, 0.5) is 13.6 Å². The SMILES string of the molecule is CC(C)(C)C(c1nc(-c2cccc(F)c2)cn1Cc1ccccc1)N(CC[C@@H](N)CF)C(=O)N1CCS(=O)(=O)CC1. The molecular weight excluding hydrogens is 548 g/mol. The summed E-state index contributed by atoms with van der Waals surface area (Å²) in [7, 11) is -3.21. The van der Waals surface area contributed by atoms with Gasteiger partial charge in [-0.1, -0.05) is 63.2 Å². The van der Waals surface area contributed by atoms with Gasteiger partial charge in [0.2, 0.25) is 0 Å². The zero-order chi connectivity index (χ0) is 29.8. The topological polar surface area (TPSA) is 102 Å². The van der Waals surface area contributed by atoms with E-state index in [9.17, 15) is 22.0 Å². The standard InChI is InChI=1S/C30H39F2N5O3S/c1-30(2,3)27(37(13-12-25(33)19-31)29(38)35-14-16-41(39,40)17-15-35)28-34-26(23-10-7-11-24(32)18-23)21-36(28)20-22-8-5-4-6-9-22/h4-11,18,21,25,27H,12-17,19-20,33H2,1-3H3/t25-,27?/m1/s1. The van der Waals surface area contributed by atoms with Crippen LogP contribution in [0.25, 0.3) is 11.3 Å². The van der Waals surface area contributed by atoms with Crippen LogP contribution in [0.5, 0.6) is 0 Å². The lowest BCUT2D eigenvalue weighted by Crippen LogP contribution is -2.53. The Labute approximate surface area is 241 Å². The van der Waals surface area contributed by atoms with E-state index in [2.05, 4.69) is 0 Å². The molecular formula is C30H39F2N5O3S. The van der Waals surface area contributed by atoms with Crippen LogP contribution in [0.15, 0.2) is 60.8 Å². The predicted molar refractivity (Wildman–Crippen MR) is 156 cm³/mol. The quantitative estimate of drug-likeness (QED) is 0.392. The number of carbonyl (C=O) groups excluding carboxylic acids is 1. The summed E-state index contributed by atoms with van der Waals surface area (Å²) in [5, 5.41) is 0. The molecule has 11 heteroatoms. The van der Waals surface area contributed by atoms with Crippen LogP contribution in [0.3, 0.4) is 0 Å². The zero-order valence-corrected chi connectivity index (χ0v) is 24.7. The number of aromatic nitrogens is 2. The first-order valence-corrected chi connectivity index (χ1v) is 15.6. The summed E-state index contributed by atoms with van der Waals surface area (Å²) in [6.07, 6.45) is 2.08. The largest absolute Gasteiger partial charge is 0.328 e. The van der Waals surface area contributed by atoms with E-state index in [1.807, 2.05) is 61.9 Å². The number of urea groups is 1. The average molecular weight is 588 g/mol. The molecule has 2 heterocycles. The first-order chi connectivity index (χ1) is 19.4. The van der Waals surface area contributed by atoms with Gasteiger partial charge in [0.25, 0.3) is 0 Å². The number of benzene rings is 2. The van der Waals surface area contributed by atoms with E-state index >= 15 is 0 Å². The molecule has 1 aliphatic heterocycles. The number of nitrogens with zero attached hydrogens (tertiary/aromatic N) is 4. The van der Waals surface area contributed by atoms with Crippen molar-refractivity contribution in [3.05, 3.63) is 78.0 Å². The van der Waals surface area contributed by atoms with Gasteiger partial charge in [-0.2, -0.15) is 0 Å². The predicted octanol–water partition coefficient (Wildman–Crippen LogP) is 4.66. The van der Waals surface area contributed by atoms with Crippen molar-refractivity contribution < 1.29 is 22.0 Å². The number of carbonyl (C=O) groups is 1. The van der Waals surface area contributed by atoms with Crippen molar-refractivity contribution in [3.63, 3.8) is 0 Å². The van der Waals surface area contributed by atoms with Crippen molar-refractivity contribution in [3.8, 4) is 11.3 Å². The number of halogens is 2. The van der Waals surface area contributed by atoms with Crippen LogP contribution >= 0.6 is 0 Å². The molecule has 0 aliphatic carbocycles. The summed E-state index contributed by atoms with van der Waals surface area (Å²) in [5.74, 6) is -0.00909. The number of sulfone groups is 1. The number of hydrogen-bond acceptors (Lipinski definition) is 5. The monoisotopic (exact) mass is 587 g/mol. The van der Waals surface area contributed by atoms with Crippen molar-refractivity contribution in [1.82, 2.24) is 19.4 Å². The number of amides is 2. The Balaban J connectivity index is 1.82. The highest BCUT2D eigenvalue weighted by Crippen LogP contribution is 2.40. The second-order valence-electron chi connectivity index (χ2n) is 11.7. The van der Waals surface area contributed by atoms with Gasteiger partial charge in [0.15, 0.2) is 9.84 Å². The Morgan fingerprint density at radius 2 is 1.78 bits per heavy atom. The fourth-order valence-electron chi connectivity index (χ4n) is 5.14. The number of hydrogen-bond donors (Lipinski definition) is 1. The molecule has 1 aliphatic rings. The Morgan fingerprint density at radius 1 is 1.10 bits per heavy atom. The average Bonchev–Trinajstić information content (AvgIpc) is 3.33. The van der Waals surface area contributed by atoms with Gasteiger partial charge in [0, 0.05) is 44.0 Å². The Morgan fingerprint density at radius 3 is 2.39 bits per heavy atom. The van der Waals surface area contributed by atoms with Gasteiger partial charge < -0.3 is 20.1 Å². The summed E-state index contributed by atoms with van der Waals surface area (Å²) in [6, 6.07) is 14.3. The van der Waals surface area contributed by atoms with E-state index < -0.39 is 34.0 Å². The molecule has 1 saturated heterocycles. The molecule has 2 aromatic carbocycles. The van der Waals surface area contributed by atoms with Gasteiger partial charge in [0.05, 0.1) is 23.2 Å². The van der Waals surface area contributed by atoms with Crippen LogP contribution in [0.2, 0.25) is 0 Å². The number of nitrogens with two attached hydrogens (primary N) is 1. The normalized spacial score (nSPS) is 16.8. The third-order valence-electron chi connectivity index (χ3n) is 7.30. The van der Waals surface area contributed by atoms with Gasteiger partial charge in [0.1, 0.15) is 18.3 Å². The van der Waals surface area contributed by atoms with Crippen molar-refractivity contribution >= 4 is 15.9 Å². The maximum atomic E-state index is 14.2. The first-order valence-electron chi connectivity index (χ1n) is 13.8. The van der Waals surface area contributed by atoms with Gasteiger partial charge in [-0.15, -0.1) is 0 Å². The fourth-order valence-corrected chi connectivity index (χ4v) is 6.34. The molecule has 0 bridgehead atoms. The molecule has 8 nitrogen and oxygen atoms in total. The minimum atomic E-state index is -3.21. The van der Waals surface area contributed by atoms with Crippen LogP contribution in [0.1, 0.15) is 44.6 Å². The van der Waals surface area contributed by atoms with Crippen LogP contribution in [-0.4, -0.2) is 77.7 Å². The van der Waals surface area contributed by atoms with Crippen LogP contribution < -0.4 is 5.73 Å². The van der Waals surface area contributed by atoms with Crippen molar-refractivity contribution in [1.29, 1.82) is 0 Å². The smallest absolute Gasteiger partial charge is 0.320 e. The van der Waals surface area contributed by atoms with Crippen LogP contribution in [0, 0.1) is 11.2 Å². The molecule has 0 saturated carbocycles. The molecule has 1 unspecified atom stereocenters. The van der Waals surface area contributed by atoms with Gasteiger partial charge in [-0.25, -0.2) is 27.0 Å². The van der Waals surface area contributed by atoms with Gasteiger partial charge >= 0.3 is 6.03 Å². The van der Waals surface area contributed by atoms with Gasteiger partial charge in [-0.05, 0) is 29.5 Å². The highest BCUT2D eigenvalue weighted by molar-refractivity contribution is 7.91. The highest BCUT2D eigenvalue weighted by atomic mass is 32.2. The van der Waals surface area contributed by atoms with Crippen molar-refractivity contribution in [2.24, 2.45) is 11.1 Å². The molecule has 4 rings (SSSR count). The van der Waals surface area contributed by atoms with E-state index in [4.69, 9.17) is 10.7 Å². The second kappa shape index (κ2) is 12.7. The summed E-state index contributed by atoms with van der Waals surface area (Å²) in [5.41, 5.74) is 7.58. The van der Waals surface area contributed by atoms with Crippen LogP contribution in [-0.2, 0) is 16.4 Å². The molecule has 222 valence electrons. The van der Waals surface area contributed by atoms with E-state index in [1.165, 1.54) is 12.1 Å². The van der Waals surface area contributed by atoms with E-state index in [1.54, 1.807) is 21.9 Å². The Kier molecular flexibility index (Phi) is 9.48. The summed E-state index contributed by atoms with van der Waals surface area (Å²) < 4.78 is 53.7. The lowest BCUT2D eigenvalue weighted by Gasteiger charge is -2.43. The lowest BCUT2D eigenvalue weighted by molar-refractivity contribution is 0.0826.